The minimum absolute atomic E-state index is 0.131. The number of benzene rings is 1. The molecule has 7 heteroatoms. The Hall–Kier alpha value is -3.22. The number of hydrogen-bond acceptors (Lipinski definition) is 5. The molecule has 0 radical (unpaired) electrons. The Morgan fingerprint density at radius 2 is 2.04 bits per heavy atom. The third-order valence-corrected chi connectivity index (χ3v) is 4.11. The van der Waals surface area contributed by atoms with E-state index in [1.54, 1.807) is 25.3 Å². The van der Waals surface area contributed by atoms with Crippen molar-refractivity contribution < 1.29 is 14.3 Å². The summed E-state index contributed by atoms with van der Waals surface area (Å²) in [6.07, 6.45) is 4.51. The molecule has 1 aromatic carbocycles. The van der Waals surface area contributed by atoms with Crippen molar-refractivity contribution in [3.8, 4) is 0 Å². The summed E-state index contributed by atoms with van der Waals surface area (Å²) in [5.41, 5.74) is 2.28. The molecule has 0 bridgehead atoms. The summed E-state index contributed by atoms with van der Waals surface area (Å²) in [7, 11) is 0. The fraction of sp³-hybridized carbons (Fsp3) is 0.300. The summed E-state index contributed by atoms with van der Waals surface area (Å²) in [5, 5.41) is 2.88. The van der Waals surface area contributed by atoms with E-state index in [0.717, 1.165) is 16.9 Å². The van der Waals surface area contributed by atoms with Crippen molar-refractivity contribution >= 4 is 22.9 Å². The van der Waals surface area contributed by atoms with Gasteiger partial charge in [0.2, 0.25) is 0 Å². The van der Waals surface area contributed by atoms with E-state index in [2.05, 4.69) is 15.3 Å². The SMILES string of the molecule is CCOC(=O)Cn1c(CCCNC(=O)c2cccnc2)nc2ccccc21. The van der Waals surface area contributed by atoms with Crippen LogP contribution in [0.25, 0.3) is 11.0 Å². The summed E-state index contributed by atoms with van der Waals surface area (Å²) in [4.78, 5) is 32.6. The van der Waals surface area contributed by atoms with Gasteiger partial charge in [-0.25, -0.2) is 4.98 Å². The van der Waals surface area contributed by atoms with Crippen LogP contribution in [0.5, 0.6) is 0 Å². The first-order valence-electron chi connectivity index (χ1n) is 8.97. The Balaban J connectivity index is 1.64. The zero-order valence-electron chi connectivity index (χ0n) is 15.2. The summed E-state index contributed by atoms with van der Waals surface area (Å²) in [5.74, 6) is 0.370. The lowest BCUT2D eigenvalue weighted by atomic mass is 10.2. The summed E-state index contributed by atoms with van der Waals surface area (Å²) in [6.45, 7) is 2.78. The molecule has 0 saturated heterocycles. The molecule has 2 aromatic heterocycles. The molecule has 0 aliphatic heterocycles. The molecule has 1 amide bonds. The summed E-state index contributed by atoms with van der Waals surface area (Å²) >= 11 is 0. The van der Waals surface area contributed by atoms with Gasteiger partial charge in [0.25, 0.3) is 5.91 Å². The number of fused-ring (bicyclic) bond motifs is 1. The molecule has 3 aromatic rings. The van der Waals surface area contributed by atoms with Crippen molar-refractivity contribution in [1.82, 2.24) is 19.9 Å². The highest BCUT2D eigenvalue weighted by Crippen LogP contribution is 2.17. The van der Waals surface area contributed by atoms with Gasteiger partial charge in [-0.2, -0.15) is 0 Å². The number of para-hydroxylation sites is 2. The van der Waals surface area contributed by atoms with Gasteiger partial charge in [-0.15, -0.1) is 0 Å². The van der Waals surface area contributed by atoms with Crippen LogP contribution in [0.3, 0.4) is 0 Å². The first-order chi connectivity index (χ1) is 13.2. The standard InChI is InChI=1S/C20H22N4O3/c1-2-27-19(25)14-24-17-9-4-3-8-16(17)23-18(24)10-6-12-22-20(26)15-7-5-11-21-13-15/h3-5,7-9,11,13H,2,6,10,12,14H2,1H3,(H,22,26). The fourth-order valence-corrected chi connectivity index (χ4v) is 2.88. The van der Waals surface area contributed by atoms with Crippen molar-refractivity contribution in [2.24, 2.45) is 0 Å². The predicted octanol–water partition coefficient (Wildman–Crippen LogP) is 2.36. The van der Waals surface area contributed by atoms with Crippen molar-refractivity contribution in [3.05, 3.63) is 60.2 Å². The van der Waals surface area contributed by atoms with Gasteiger partial charge in [0.05, 0.1) is 23.2 Å². The molecule has 0 unspecified atom stereocenters. The number of aryl methyl sites for hydroxylation is 1. The van der Waals surface area contributed by atoms with Crippen LogP contribution in [0, 0.1) is 0 Å². The quantitative estimate of drug-likeness (QED) is 0.489. The number of carbonyl (C=O) groups excluding carboxylic acids is 2. The minimum Gasteiger partial charge on any atom is -0.465 e. The predicted molar refractivity (Wildman–Crippen MR) is 101 cm³/mol. The number of aromatic nitrogens is 3. The smallest absolute Gasteiger partial charge is 0.326 e. The van der Waals surface area contributed by atoms with Crippen molar-refractivity contribution in [2.75, 3.05) is 13.2 Å². The number of nitrogens with one attached hydrogen (secondary N) is 1. The Bertz CT molecular complexity index is 921. The molecular weight excluding hydrogens is 344 g/mol. The normalized spacial score (nSPS) is 10.7. The zero-order valence-corrected chi connectivity index (χ0v) is 15.2. The third kappa shape index (κ3) is 4.69. The molecular formula is C20H22N4O3. The average Bonchev–Trinajstić information content (AvgIpc) is 3.03. The zero-order chi connectivity index (χ0) is 19.1. The first kappa shape index (κ1) is 18.6. The molecule has 3 rings (SSSR count). The lowest BCUT2D eigenvalue weighted by Gasteiger charge is -2.09. The average molecular weight is 366 g/mol. The molecule has 140 valence electrons. The number of hydrogen-bond donors (Lipinski definition) is 1. The number of pyridine rings is 1. The Labute approximate surface area is 157 Å². The molecule has 0 fully saturated rings. The van der Waals surface area contributed by atoms with E-state index in [1.807, 2.05) is 28.8 Å². The maximum Gasteiger partial charge on any atom is 0.326 e. The number of amides is 1. The van der Waals surface area contributed by atoms with E-state index in [1.165, 1.54) is 6.20 Å². The topological polar surface area (TPSA) is 86.1 Å². The van der Waals surface area contributed by atoms with Crippen molar-refractivity contribution in [2.45, 2.75) is 26.3 Å². The number of esters is 1. The van der Waals surface area contributed by atoms with Crippen LogP contribution in [-0.4, -0.2) is 39.6 Å². The van der Waals surface area contributed by atoms with Crippen LogP contribution in [-0.2, 0) is 22.5 Å². The van der Waals surface area contributed by atoms with Crippen molar-refractivity contribution in [3.63, 3.8) is 0 Å². The van der Waals surface area contributed by atoms with E-state index < -0.39 is 0 Å². The van der Waals surface area contributed by atoms with E-state index in [0.29, 0.717) is 31.6 Å². The first-order valence-corrected chi connectivity index (χ1v) is 8.97. The van der Waals surface area contributed by atoms with Gasteiger partial charge in [0.15, 0.2) is 0 Å². The number of imidazole rings is 1. The molecule has 0 aliphatic rings. The van der Waals surface area contributed by atoms with E-state index >= 15 is 0 Å². The third-order valence-electron chi connectivity index (χ3n) is 4.11. The van der Waals surface area contributed by atoms with Gasteiger partial charge in [-0.05, 0) is 37.6 Å². The van der Waals surface area contributed by atoms with Gasteiger partial charge in [-0.3, -0.25) is 14.6 Å². The van der Waals surface area contributed by atoms with Gasteiger partial charge < -0.3 is 14.6 Å². The number of nitrogens with zero attached hydrogens (tertiary/aromatic N) is 3. The molecule has 0 atom stereocenters. The summed E-state index contributed by atoms with van der Waals surface area (Å²) in [6, 6.07) is 11.2. The van der Waals surface area contributed by atoms with Crippen LogP contribution in [0.1, 0.15) is 29.5 Å². The van der Waals surface area contributed by atoms with E-state index in [-0.39, 0.29) is 18.4 Å². The van der Waals surface area contributed by atoms with Gasteiger partial charge >= 0.3 is 5.97 Å². The van der Waals surface area contributed by atoms with E-state index in [9.17, 15) is 9.59 Å². The van der Waals surface area contributed by atoms with Crippen LogP contribution in [0.2, 0.25) is 0 Å². The van der Waals surface area contributed by atoms with Gasteiger partial charge in [-0.1, -0.05) is 12.1 Å². The Morgan fingerprint density at radius 1 is 1.19 bits per heavy atom. The molecule has 2 heterocycles. The Kier molecular flexibility index (Phi) is 6.14. The molecule has 27 heavy (non-hydrogen) atoms. The molecule has 7 nitrogen and oxygen atoms in total. The second kappa shape index (κ2) is 8.93. The second-order valence-electron chi connectivity index (χ2n) is 6.01. The summed E-state index contributed by atoms with van der Waals surface area (Å²) < 4.78 is 6.96. The molecule has 0 aliphatic carbocycles. The van der Waals surface area contributed by atoms with Crippen LogP contribution in [0.15, 0.2) is 48.8 Å². The largest absolute Gasteiger partial charge is 0.465 e. The lowest BCUT2D eigenvalue weighted by Crippen LogP contribution is -2.25. The number of rotatable bonds is 8. The fourth-order valence-electron chi connectivity index (χ4n) is 2.88. The lowest BCUT2D eigenvalue weighted by molar-refractivity contribution is -0.143. The van der Waals surface area contributed by atoms with Gasteiger partial charge in [0.1, 0.15) is 12.4 Å². The van der Waals surface area contributed by atoms with Crippen LogP contribution >= 0.6 is 0 Å². The highest BCUT2D eigenvalue weighted by Gasteiger charge is 2.14. The second-order valence-corrected chi connectivity index (χ2v) is 6.01. The van der Waals surface area contributed by atoms with Crippen LogP contribution < -0.4 is 5.32 Å². The van der Waals surface area contributed by atoms with Crippen molar-refractivity contribution in [1.29, 1.82) is 0 Å². The van der Waals surface area contributed by atoms with E-state index in [4.69, 9.17) is 4.74 Å². The highest BCUT2D eigenvalue weighted by molar-refractivity contribution is 5.93. The maximum atomic E-state index is 12.0. The molecule has 0 saturated carbocycles. The Morgan fingerprint density at radius 3 is 2.81 bits per heavy atom. The van der Waals surface area contributed by atoms with Gasteiger partial charge in [0, 0.05) is 25.4 Å². The number of carbonyl (C=O) groups is 2. The molecule has 0 spiro atoms. The minimum atomic E-state index is -0.285. The highest BCUT2D eigenvalue weighted by atomic mass is 16.5. The maximum absolute atomic E-state index is 12.0. The van der Waals surface area contributed by atoms with Crippen LogP contribution in [0.4, 0.5) is 0 Å². The number of ether oxygens (including phenoxy) is 1. The molecule has 1 N–H and O–H groups in total. The monoisotopic (exact) mass is 366 g/mol.